The fourth-order valence-electron chi connectivity index (χ4n) is 4.03. The molecule has 3 atom stereocenters. The number of carbonyl (C=O) groups is 1. The zero-order valence-electron chi connectivity index (χ0n) is 12.9. The molecule has 4 nitrogen and oxygen atoms in total. The number of nitrogens with zero attached hydrogens (tertiary/aromatic N) is 3. The standard InChI is InChI=1S/C16H24BrN3O/c1-3-20-9-14(17)15(18-20)10-19(2)16(21)8-13-7-11-4-5-12(13)6-11/h9,11-13H,3-8,10H2,1-2H3. The molecule has 21 heavy (non-hydrogen) atoms. The van der Waals surface area contributed by atoms with Crippen LogP contribution in [-0.2, 0) is 17.9 Å². The van der Waals surface area contributed by atoms with Crippen molar-refractivity contribution in [1.82, 2.24) is 14.7 Å². The van der Waals surface area contributed by atoms with Crippen molar-refractivity contribution >= 4 is 21.8 Å². The van der Waals surface area contributed by atoms with Gasteiger partial charge in [0.2, 0.25) is 5.91 Å². The highest BCUT2D eigenvalue weighted by atomic mass is 79.9. The van der Waals surface area contributed by atoms with E-state index in [1.807, 2.05) is 22.8 Å². The number of aromatic nitrogens is 2. The number of carbonyl (C=O) groups excluding carboxylic acids is 1. The maximum atomic E-state index is 12.4. The summed E-state index contributed by atoms with van der Waals surface area (Å²) in [7, 11) is 1.90. The summed E-state index contributed by atoms with van der Waals surface area (Å²) < 4.78 is 2.89. The SMILES string of the molecule is CCn1cc(Br)c(CN(C)C(=O)CC2CC3CCC2C3)n1. The van der Waals surface area contributed by atoms with Crippen molar-refractivity contribution in [3.63, 3.8) is 0 Å². The summed E-state index contributed by atoms with van der Waals surface area (Å²) in [6, 6.07) is 0. The monoisotopic (exact) mass is 353 g/mol. The van der Waals surface area contributed by atoms with Crippen LogP contribution < -0.4 is 0 Å². The third-order valence-corrected chi connectivity index (χ3v) is 5.91. The Labute approximate surface area is 135 Å². The first-order valence-corrected chi connectivity index (χ1v) is 8.82. The number of rotatable bonds is 5. The molecule has 1 heterocycles. The number of amides is 1. The lowest BCUT2D eigenvalue weighted by molar-refractivity contribution is -0.131. The topological polar surface area (TPSA) is 38.1 Å². The fourth-order valence-corrected chi connectivity index (χ4v) is 4.47. The Balaban J connectivity index is 1.56. The van der Waals surface area contributed by atoms with Crippen molar-refractivity contribution in [2.45, 2.75) is 52.1 Å². The van der Waals surface area contributed by atoms with Crippen molar-refractivity contribution in [3.8, 4) is 0 Å². The molecule has 2 saturated carbocycles. The Hall–Kier alpha value is -0.840. The summed E-state index contributed by atoms with van der Waals surface area (Å²) >= 11 is 3.53. The normalized spacial score (nSPS) is 27.3. The second-order valence-corrected chi connectivity index (χ2v) is 7.52. The van der Waals surface area contributed by atoms with Gasteiger partial charge in [-0.1, -0.05) is 6.42 Å². The van der Waals surface area contributed by atoms with Gasteiger partial charge in [0, 0.05) is 26.2 Å². The lowest BCUT2D eigenvalue weighted by Crippen LogP contribution is -2.29. The molecule has 0 spiro atoms. The van der Waals surface area contributed by atoms with Crippen LogP contribution in [-0.4, -0.2) is 27.6 Å². The Morgan fingerprint density at radius 1 is 1.48 bits per heavy atom. The van der Waals surface area contributed by atoms with Gasteiger partial charge in [-0.05, 0) is 59.9 Å². The molecule has 0 aromatic carbocycles. The van der Waals surface area contributed by atoms with Gasteiger partial charge in [-0.25, -0.2) is 0 Å². The number of halogens is 1. The smallest absolute Gasteiger partial charge is 0.222 e. The molecule has 1 aromatic heterocycles. The summed E-state index contributed by atoms with van der Waals surface area (Å²) in [6.45, 7) is 3.50. The molecule has 0 N–H and O–H groups in total. The molecule has 2 aliphatic carbocycles. The van der Waals surface area contributed by atoms with E-state index >= 15 is 0 Å². The Morgan fingerprint density at radius 3 is 2.86 bits per heavy atom. The van der Waals surface area contributed by atoms with Crippen molar-refractivity contribution in [1.29, 1.82) is 0 Å². The Bertz CT molecular complexity index is 528. The van der Waals surface area contributed by atoms with Crippen molar-refractivity contribution in [2.75, 3.05) is 7.05 Å². The minimum Gasteiger partial charge on any atom is -0.340 e. The lowest BCUT2D eigenvalue weighted by atomic mass is 9.86. The average Bonchev–Trinajstić information content (AvgIpc) is 3.15. The molecule has 3 unspecified atom stereocenters. The molecule has 116 valence electrons. The van der Waals surface area contributed by atoms with Gasteiger partial charge >= 0.3 is 0 Å². The van der Waals surface area contributed by atoms with Crippen LogP contribution in [0.4, 0.5) is 0 Å². The van der Waals surface area contributed by atoms with Crippen molar-refractivity contribution in [2.24, 2.45) is 17.8 Å². The lowest BCUT2D eigenvalue weighted by Gasteiger charge is -2.24. The van der Waals surface area contributed by atoms with E-state index in [-0.39, 0.29) is 5.91 Å². The van der Waals surface area contributed by atoms with E-state index in [4.69, 9.17) is 0 Å². The maximum absolute atomic E-state index is 12.4. The van der Waals surface area contributed by atoms with Gasteiger partial charge in [0.1, 0.15) is 0 Å². The van der Waals surface area contributed by atoms with Gasteiger partial charge in [0.15, 0.2) is 0 Å². The molecule has 2 bridgehead atoms. The molecule has 1 amide bonds. The summed E-state index contributed by atoms with van der Waals surface area (Å²) in [6.07, 6.45) is 8.09. The predicted octanol–water partition coefficient (Wildman–Crippen LogP) is 3.45. The molecule has 2 aliphatic rings. The van der Waals surface area contributed by atoms with Gasteiger partial charge in [-0.15, -0.1) is 0 Å². The van der Waals surface area contributed by atoms with Crippen LogP contribution in [0.3, 0.4) is 0 Å². The molecule has 0 radical (unpaired) electrons. The minimum absolute atomic E-state index is 0.269. The van der Waals surface area contributed by atoms with E-state index in [2.05, 4.69) is 28.0 Å². The summed E-state index contributed by atoms with van der Waals surface area (Å²) in [5.41, 5.74) is 0.945. The summed E-state index contributed by atoms with van der Waals surface area (Å²) in [5, 5.41) is 4.50. The first-order chi connectivity index (χ1) is 10.1. The highest BCUT2D eigenvalue weighted by molar-refractivity contribution is 9.10. The highest BCUT2D eigenvalue weighted by Crippen LogP contribution is 2.49. The van der Waals surface area contributed by atoms with Crippen molar-refractivity contribution < 1.29 is 4.79 Å². The molecule has 3 rings (SSSR count). The Kier molecular flexibility index (Phi) is 4.38. The maximum Gasteiger partial charge on any atom is 0.222 e. The highest BCUT2D eigenvalue weighted by Gasteiger charge is 2.40. The van der Waals surface area contributed by atoms with Crippen LogP contribution >= 0.6 is 15.9 Å². The van der Waals surface area contributed by atoms with Gasteiger partial charge in [-0.2, -0.15) is 5.10 Å². The summed E-state index contributed by atoms with van der Waals surface area (Å²) in [4.78, 5) is 14.3. The first kappa shape index (κ1) is 15.1. The fraction of sp³-hybridized carbons (Fsp3) is 0.750. The van der Waals surface area contributed by atoms with Gasteiger partial charge in [-0.3, -0.25) is 9.48 Å². The van der Waals surface area contributed by atoms with Crippen molar-refractivity contribution in [3.05, 3.63) is 16.4 Å². The van der Waals surface area contributed by atoms with Gasteiger partial charge in [0.05, 0.1) is 16.7 Å². The number of aryl methyl sites for hydroxylation is 1. The largest absolute Gasteiger partial charge is 0.340 e. The molecule has 1 aromatic rings. The molecule has 0 aliphatic heterocycles. The third kappa shape index (κ3) is 3.17. The third-order valence-electron chi connectivity index (χ3n) is 5.25. The number of hydrogen-bond acceptors (Lipinski definition) is 2. The van der Waals surface area contributed by atoms with Gasteiger partial charge < -0.3 is 4.90 Å². The van der Waals surface area contributed by atoms with E-state index in [1.54, 1.807) is 0 Å². The van der Waals surface area contributed by atoms with Gasteiger partial charge in [0.25, 0.3) is 0 Å². The first-order valence-electron chi connectivity index (χ1n) is 8.02. The minimum atomic E-state index is 0.269. The van der Waals surface area contributed by atoms with E-state index < -0.39 is 0 Å². The van der Waals surface area contributed by atoms with Crippen LogP contribution in [0.15, 0.2) is 10.7 Å². The van der Waals surface area contributed by atoms with E-state index in [1.165, 1.54) is 25.7 Å². The summed E-state index contributed by atoms with van der Waals surface area (Å²) in [5.74, 6) is 2.63. The number of fused-ring (bicyclic) bond motifs is 2. The van der Waals surface area contributed by atoms with E-state index in [0.29, 0.717) is 12.5 Å². The quantitative estimate of drug-likeness (QED) is 0.812. The van der Waals surface area contributed by atoms with Crippen LogP contribution in [0.5, 0.6) is 0 Å². The Morgan fingerprint density at radius 2 is 2.29 bits per heavy atom. The predicted molar refractivity (Wildman–Crippen MR) is 85.6 cm³/mol. The second-order valence-electron chi connectivity index (χ2n) is 6.67. The molecule has 0 saturated heterocycles. The molecule has 5 heteroatoms. The van der Waals surface area contributed by atoms with Crippen LogP contribution in [0.25, 0.3) is 0 Å². The van der Waals surface area contributed by atoms with E-state index in [9.17, 15) is 4.79 Å². The molecular formula is C16H24BrN3O. The van der Waals surface area contributed by atoms with E-state index in [0.717, 1.165) is 35.0 Å². The van der Waals surface area contributed by atoms with Crippen LogP contribution in [0.1, 0.15) is 44.7 Å². The zero-order valence-corrected chi connectivity index (χ0v) is 14.5. The molecular weight excluding hydrogens is 330 g/mol. The second kappa shape index (κ2) is 6.11. The molecule has 2 fully saturated rings. The van der Waals surface area contributed by atoms with Crippen LogP contribution in [0, 0.1) is 17.8 Å². The average molecular weight is 354 g/mol. The zero-order chi connectivity index (χ0) is 15.0. The number of hydrogen-bond donors (Lipinski definition) is 0. The van der Waals surface area contributed by atoms with Crippen LogP contribution in [0.2, 0.25) is 0 Å².